The maximum atomic E-state index is 6.02. The van der Waals surface area contributed by atoms with Crippen molar-refractivity contribution in [2.75, 3.05) is 0 Å². The lowest BCUT2D eigenvalue weighted by Gasteiger charge is -2.03. The van der Waals surface area contributed by atoms with Crippen molar-refractivity contribution in [1.29, 1.82) is 0 Å². The van der Waals surface area contributed by atoms with Crippen molar-refractivity contribution < 1.29 is 0 Å². The first-order chi connectivity index (χ1) is 11.8. The monoisotopic (exact) mass is 382 g/mol. The molecule has 0 rings (SSSR count). The lowest BCUT2D eigenvalue weighted by molar-refractivity contribution is 0.895. The van der Waals surface area contributed by atoms with E-state index in [4.69, 9.17) is 23.2 Å². The lowest BCUT2D eigenvalue weighted by Crippen LogP contribution is -1.82. The van der Waals surface area contributed by atoms with E-state index < -0.39 is 0 Å². The summed E-state index contributed by atoms with van der Waals surface area (Å²) in [6.07, 6.45) is 19.8. The van der Waals surface area contributed by atoms with E-state index in [1.54, 1.807) is 0 Å². The van der Waals surface area contributed by atoms with Gasteiger partial charge >= 0.3 is 0 Å². The van der Waals surface area contributed by atoms with Crippen LogP contribution >= 0.6 is 23.2 Å². The predicted molar refractivity (Wildman–Crippen MR) is 117 cm³/mol. The van der Waals surface area contributed by atoms with Gasteiger partial charge in [-0.2, -0.15) is 0 Å². The van der Waals surface area contributed by atoms with E-state index >= 15 is 0 Å². The average Bonchev–Trinajstić information content (AvgIpc) is 2.54. The molecule has 0 heterocycles. The summed E-state index contributed by atoms with van der Waals surface area (Å²) < 4.78 is 0. The molecule has 0 aromatic carbocycles. The third-order valence-electron chi connectivity index (χ3n) is 4.22. The second-order valence-electron chi connectivity index (χ2n) is 6.83. The molecule has 0 radical (unpaired) electrons. The molecule has 0 aliphatic carbocycles. The summed E-state index contributed by atoms with van der Waals surface area (Å²) in [6.45, 7) is 10.6. The zero-order valence-electron chi connectivity index (χ0n) is 16.8. The Morgan fingerprint density at radius 1 is 0.600 bits per heavy atom. The van der Waals surface area contributed by atoms with Crippen molar-refractivity contribution in [2.24, 2.45) is 0 Å². The van der Waals surface area contributed by atoms with Crippen LogP contribution in [-0.2, 0) is 0 Å². The largest absolute Gasteiger partial charge is 0.0898 e. The zero-order valence-corrected chi connectivity index (χ0v) is 18.3. The molecule has 0 aliphatic rings. The molecule has 0 N–H and O–H groups in total. The van der Waals surface area contributed by atoms with Gasteiger partial charge < -0.3 is 0 Å². The number of hydrogen-bond donors (Lipinski definition) is 0. The topological polar surface area (TPSA) is 0 Å². The highest BCUT2D eigenvalue weighted by Gasteiger charge is 1.94. The van der Waals surface area contributed by atoms with Gasteiger partial charge in [0, 0.05) is 10.1 Å². The summed E-state index contributed by atoms with van der Waals surface area (Å²) in [6, 6.07) is 0. The zero-order chi connectivity index (χ0) is 19.1. The van der Waals surface area contributed by atoms with Gasteiger partial charge in [-0.15, -0.1) is 0 Å². The minimum absolute atomic E-state index is 0.890. The Bertz CT molecular complexity index is 512. The number of halogens is 2. The van der Waals surface area contributed by atoms with Crippen molar-refractivity contribution in [3.8, 4) is 0 Å². The molecular weight excluding hydrogens is 347 g/mol. The highest BCUT2D eigenvalue weighted by Crippen LogP contribution is 2.15. The third kappa shape index (κ3) is 16.5. The van der Waals surface area contributed by atoms with Crippen molar-refractivity contribution in [2.45, 2.75) is 86.0 Å². The van der Waals surface area contributed by atoms with Crippen LogP contribution in [0.3, 0.4) is 0 Å². The van der Waals surface area contributed by atoms with Gasteiger partial charge in [-0.1, -0.05) is 70.3 Å². The Morgan fingerprint density at radius 2 is 0.960 bits per heavy atom. The van der Waals surface area contributed by atoms with Gasteiger partial charge in [0.2, 0.25) is 0 Å². The Kier molecular flexibility index (Phi) is 15.1. The van der Waals surface area contributed by atoms with Crippen LogP contribution in [0.1, 0.15) is 86.0 Å². The average molecular weight is 383 g/mol. The van der Waals surface area contributed by atoms with Gasteiger partial charge in [0.25, 0.3) is 0 Å². The lowest BCUT2D eigenvalue weighted by atomic mass is 10.0. The molecule has 0 aromatic rings. The molecule has 25 heavy (non-hydrogen) atoms. The fourth-order valence-electron chi connectivity index (χ4n) is 2.50. The predicted octanol–water partition coefficient (Wildman–Crippen LogP) is 9.23. The van der Waals surface area contributed by atoms with Crippen LogP contribution in [0.2, 0.25) is 0 Å². The molecule has 0 saturated heterocycles. The molecular formula is C23H36Cl2. The van der Waals surface area contributed by atoms with Crippen molar-refractivity contribution in [3.63, 3.8) is 0 Å². The number of allylic oxidation sites excluding steroid dienone is 10. The van der Waals surface area contributed by atoms with Crippen molar-refractivity contribution in [1.82, 2.24) is 0 Å². The quantitative estimate of drug-likeness (QED) is 0.295. The highest BCUT2D eigenvalue weighted by atomic mass is 35.5. The van der Waals surface area contributed by atoms with E-state index in [2.05, 4.69) is 45.1 Å². The van der Waals surface area contributed by atoms with E-state index in [0.29, 0.717) is 0 Å². The molecule has 0 saturated carbocycles. The summed E-state index contributed by atoms with van der Waals surface area (Å²) in [4.78, 5) is 0. The first-order valence-electron chi connectivity index (χ1n) is 9.45. The fourth-order valence-corrected chi connectivity index (χ4v) is 2.72. The van der Waals surface area contributed by atoms with Crippen LogP contribution < -0.4 is 0 Å². The Labute approximate surface area is 166 Å². The van der Waals surface area contributed by atoms with Crippen LogP contribution in [0.25, 0.3) is 0 Å². The van der Waals surface area contributed by atoms with Crippen LogP contribution in [0, 0.1) is 0 Å². The van der Waals surface area contributed by atoms with E-state index in [0.717, 1.165) is 61.4 Å². The highest BCUT2D eigenvalue weighted by molar-refractivity contribution is 6.29. The van der Waals surface area contributed by atoms with Gasteiger partial charge in [-0.05, 0) is 86.0 Å². The summed E-state index contributed by atoms with van der Waals surface area (Å²) in [5.41, 5.74) is 4.41. The molecule has 0 unspecified atom stereocenters. The number of rotatable bonds is 12. The van der Waals surface area contributed by atoms with Crippen LogP contribution in [0.4, 0.5) is 0 Å². The Balaban J connectivity index is 4.01. The molecule has 0 amide bonds. The van der Waals surface area contributed by atoms with Gasteiger partial charge in [0.1, 0.15) is 0 Å². The Morgan fingerprint density at radius 3 is 1.32 bits per heavy atom. The molecule has 142 valence electrons. The smallest absolute Gasteiger partial charge is 0.0141 e. The van der Waals surface area contributed by atoms with E-state index in [1.165, 1.54) is 16.7 Å². The third-order valence-corrected chi connectivity index (χ3v) is 4.78. The second-order valence-corrected chi connectivity index (χ2v) is 7.91. The molecule has 0 aromatic heterocycles. The van der Waals surface area contributed by atoms with E-state index in [9.17, 15) is 0 Å². The summed E-state index contributed by atoms with van der Waals surface area (Å²) in [5, 5.41) is 1.85. The van der Waals surface area contributed by atoms with Gasteiger partial charge in [-0.25, -0.2) is 0 Å². The van der Waals surface area contributed by atoms with Crippen LogP contribution in [-0.4, -0.2) is 0 Å². The fraction of sp³-hybridized carbons (Fsp3) is 0.565. The standard InChI is InChI=1S/C23H36Cl2/c1-6-23(25)18-10-16-21(4)14-8-12-19(2)11-7-13-20(3)15-9-17-22(5)24/h6,12-13,16-17H,7-11,14-15,18H2,1-5H3/b19-12+,20-13+,21-16+,22-17-,23-6-. The van der Waals surface area contributed by atoms with E-state index in [-0.39, 0.29) is 0 Å². The first kappa shape index (κ1) is 24.3. The molecule has 0 nitrogen and oxygen atoms in total. The second kappa shape index (κ2) is 15.5. The Hall–Kier alpha value is -0.720. The minimum atomic E-state index is 0.890. The van der Waals surface area contributed by atoms with Gasteiger partial charge in [0.05, 0.1) is 0 Å². The van der Waals surface area contributed by atoms with Gasteiger partial charge in [0.15, 0.2) is 0 Å². The normalized spacial score (nSPS) is 15.1. The molecule has 0 spiro atoms. The van der Waals surface area contributed by atoms with Crippen molar-refractivity contribution in [3.05, 3.63) is 57.2 Å². The summed E-state index contributed by atoms with van der Waals surface area (Å²) >= 11 is 11.9. The SMILES string of the molecule is C/C=C(\Cl)CC/C=C(\C)CC/C=C(\C)CC/C=C(\C)CC/C=C(/C)Cl. The summed E-state index contributed by atoms with van der Waals surface area (Å²) in [5.74, 6) is 0. The maximum absolute atomic E-state index is 6.02. The number of hydrogen-bond acceptors (Lipinski definition) is 0. The van der Waals surface area contributed by atoms with Crippen LogP contribution in [0.5, 0.6) is 0 Å². The molecule has 0 atom stereocenters. The van der Waals surface area contributed by atoms with Gasteiger partial charge in [-0.3, -0.25) is 0 Å². The van der Waals surface area contributed by atoms with Crippen LogP contribution in [0.15, 0.2) is 57.2 Å². The molecule has 0 bridgehead atoms. The van der Waals surface area contributed by atoms with Crippen molar-refractivity contribution >= 4 is 23.2 Å². The molecule has 2 heteroatoms. The first-order valence-corrected chi connectivity index (χ1v) is 10.2. The minimum Gasteiger partial charge on any atom is -0.0898 e. The molecule has 0 aliphatic heterocycles. The summed E-state index contributed by atoms with van der Waals surface area (Å²) in [7, 11) is 0. The maximum Gasteiger partial charge on any atom is 0.0141 e. The van der Waals surface area contributed by atoms with E-state index in [1.807, 2.05) is 19.9 Å². The molecule has 0 fully saturated rings.